The molecule has 1 atom stereocenters. The molecule has 1 aromatic heterocycles. The number of methoxy groups -OCH3 is 1. The van der Waals surface area contributed by atoms with E-state index in [0.717, 1.165) is 37.1 Å². The normalized spacial score (nSPS) is 20.0. The summed E-state index contributed by atoms with van der Waals surface area (Å²) < 4.78 is 10.1. The molecule has 0 bridgehead atoms. The molecule has 1 saturated carbocycles. The lowest BCUT2D eigenvalue weighted by Gasteiger charge is -2.10. The van der Waals surface area contributed by atoms with Crippen molar-refractivity contribution in [2.45, 2.75) is 43.9 Å². The molecule has 0 spiro atoms. The van der Waals surface area contributed by atoms with E-state index in [0.29, 0.717) is 18.2 Å². The lowest BCUT2D eigenvalue weighted by atomic mass is 9.97. The smallest absolute Gasteiger partial charge is 0.306 e. The third kappa shape index (κ3) is 2.40. The van der Waals surface area contributed by atoms with E-state index < -0.39 is 0 Å². The van der Waals surface area contributed by atoms with Gasteiger partial charge in [0.15, 0.2) is 0 Å². The quantitative estimate of drug-likeness (QED) is 0.811. The third-order valence-electron chi connectivity index (χ3n) is 4.61. The lowest BCUT2D eigenvalue weighted by Crippen LogP contribution is -2.06. The number of benzene rings is 1. The predicted molar refractivity (Wildman–Crippen MR) is 79.4 cm³/mol. The van der Waals surface area contributed by atoms with Crippen molar-refractivity contribution in [3.63, 3.8) is 0 Å². The van der Waals surface area contributed by atoms with Gasteiger partial charge >= 0.3 is 5.97 Å². The van der Waals surface area contributed by atoms with Crippen LogP contribution in [-0.2, 0) is 16.0 Å². The summed E-state index contributed by atoms with van der Waals surface area (Å²) >= 11 is 0. The number of esters is 1. The van der Waals surface area contributed by atoms with Crippen molar-refractivity contribution in [2.75, 3.05) is 7.11 Å². The van der Waals surface area contributed by atoms with Gasteiger partial charge in [-0.15, -0.1) is 0 Å². The van der Waals surface area contributed by atoms with Gasteiger partial charge in [0.25, 0.3) is 0 Å². The number of ether oxygens (including phenoxy) is 1. The van der Waals surface area contributed by atoms with Gasteiger partial charge in [0, 0.05) is 11.5 Å². The van der Waals surface area contributed by atoms with E-state index in [9.17, 15) is 4.79 Å². The van der Waals surface area contributed by atoms with E-state index in [1.807, 2.05) is 6.07 Å². The second kappa shape index (κ2) is 5.23. The Balaban J connectivity index is 1.58. The van der Waals surface area contributed by atoms with E-state index >= 15 is 0 Å². The monoisotopic (exact) mass is 298 g/mol. The zero-order chi connectivity index (χ0) is 15.1. The largest absolute Gasteiger partial charge is 0.469 e. The molecular weight excluding hydrogens is 280 g/mol. The van der Waals surface area contributed by atoms with Crippen LogP contribution in [0.5, 0.6) is 0 Å². The van der Waals surface area contributed by atoms with Gasteiger partial charge in [-0.25, -0.2) is 0 Å². The molecule has 2 aliphatic rings. The highest BCUT2D eigenvalue weighted by atomic mass is 16.5. The van der Waals surface area contributed by atoms with Crippen LogP contribution in [0.3, 0.4) is 0 Å². The van der Waals surface area contributed by atoms with Gasteiger partial charge in [0.2, 0.25) is 11.7 Å². The number of hydrogen-bond donors (Lipinski definition) is 0. The Morgan fingerprint density at radius 3 is 3.00 bits per heavy atom. The Morgan fingerprint density at radius 1 is 1.36 bits per heavy atom. The molecule has 5 nitrogen and oxygen atoms in total. The molecule has 1 fully saturated rings. The van der Waals surface area contributed by atoms with Crippen molar-refractivity contribution >= 4 is 5.97 Å². The standard InChI is InChI=1S/C17H18N2O3/c1-21-15(20)9-12-5-4-11-8-13(6-7-14(11)12)16-18-17(22-19-16)10-2-3-10/h6-8,10,12H,2-5,9H2,1H3/t12-/m0/s1. The number of carbonyl (C=O) groups excluding carboxylic acids is 1. The molecule has 0 unspecified atom stereocenters. The van der Waals surface area contributed by atoms with Crippen LogP contribution in [0.4, 0.5) is 0 Å². The number of nitrogens with zero attached hydrogens (tertiary/aromatic N) is 2. The van der Waals surface area contributed by atoms with Crippen LogP contribution in [-0.4, -0.2) is 23.2 Å². The summed E-state index contributed by atoms with van der Waals surface area (Å²) in [6.07, 6.45) is 4.74. The number of hydrogen-bond acceptors (Lipinski definition) is 5. The van der Waals surface area contributed by atoms with Crippen LogP contribution >= 0.6 is 0 Å². The molecular formula is C17H18N2O3. The molecule has 1 heterocycles. The zero-order valence-electron chi connectivity index (χ0n) is 12.5. The molecule has 1 aromatic carbocycles. The first kappa shape index (κ1) is 13.5. The molecule has 0 aliphatic heterocycles. The SMILES string of the molecule is COC(=O)C[C@@H]1CCc2cc(-c3noc(C4CC4)n3)ccc21. The van der Waals surface area contributed by atoms with Crippen molar-refractivity contribution in [3.05, 3.63) is 35.2 Å². The Bertz CT molecular complexity index is 718. The summed E-state index contributed by atoms with van der Waals surface area (Å²) in [7, 11) is 1.44. The minimum absolute atomic E-state index is 0.144. The fourth-order valence-corrected chi connectivity index (χ4v) is 3.19. The summed E-state index contributed by atoms with van der Waals surface area (Å²) in [6.45, 7) is 0. The summed E-state index contributed by atoms with van der Waals surface area (Å²) in [5.41, 5.74) is 3.53. The first-order valence-electron chi connectivity index (χ1n) is 7.78. The van der Waals surface area contributed by atoms with Crippen LogP contribution in [0, 0.1) is 0 Å². The number of fused-ring (bicyclic) bond motifs is 1. The number of aromatic nitrogens is 2. The molecule has 4 rings (SSSR count). The van der Waals surface area contributed by atoms with E-state index in [2.05, 4.69) is 22.3 Å². The number of aryl methyl sites for hydroxylation is 1. The maximum absolute atomic E-state index is 11.5. The highest BCUT2D eigenvalue weighted by molar-refractivity contribution is 5.71. The molecule has 114 valence electrons. The molecule has 2 aromatic rings. The van der Waals surface area contributed by atoms with Crippen LogP contribution < -0.4 is 0 Å². The molecule has 2 aliphatic carbocycles. The Labute approximate surface area is 128 Å². The number of rotatable bonds is 4. The molecule has 0 saturated heterocycles. The number of carbonyl (C=O) groups is 1. The van der Waals surface area contributed by atoms with Gasteiger partial charge in [-0.3, -0.25) is 4.79 Å². The average Bonchev–Trinajstić information content (AvgIpc) is 3.14. The topological polar surface area (TPSA) is 65.2 Å². The summed E-state index contributed by atoms with van der Waals surface area (Å²) in [4.78, 5) is 16.0. The van der Waals surface area contributed by atoms with Crippen LogP contribution in [0.2, 0.25) is 0 Å². The summed E-state index contributed by atoms with van der Waals surface area (Å²) in [5, 5.41) is 4.09. The van der Waals surface area contributed by atoms with Gasteiger partial charge < -0.3 is 9.26 Å². The summed E-state index contributed by atoms with van der Waals surface area (Å²) in [5.74, 6) is 2.03. The molecule has 5 heteroatoms. The Hall–Kier alpha value is -2.17. The first-order valence-corrected chi connectivity index (χ1v) is 7.78. The molecule has 0 N–H and O–H groups in total. The second-order valence-electron chi connectivity index (χ2n) is 6.16. The lowest BCUT2D eigenvalue weighted by molar-refractivity contribution is -0.141. The van der Waals surface area contributed by atoms with Crippen molar-refractivity contribution < 1.29 is 14.1 Å². The Morgan fingerprint density at radius 2 is 2.23 bits per heavy atom. The van der Waals surface area contributed by atoms with Gasteiger partial charge in [-0.1, -0.05) is 17.3 Å². The van der Waals surface area contributed by atoms with E-state index in [1.54, 1.807) is 0 Å². The predicted octanol–water partition coefficient (Wildman–Crippen LogP) is 3.21. The van der Waals surface area contributed by atoms with E-state index in [4.69, 9.17) is 9.26 Å². The van der Waals surface area contributed by atoms with Gasteiger partial charge in [0.1, 0.15) is 0 Å². The maximum Gasteiger partial charge on any atom is 0.306 e. The molecule has 0 radical (unpaired) electrons. The van der Waals surface area contributed by atoms with Crippen molar-refractivity contribution in [3.8, 4) is 11.4 Å². The Kier molecular flexibility index (Phi) is 3.21. The minimum atomic E-state index is -0.144. The van der Waals surface area contributed by atoms with Crippen molar-refractivity contribution in [1.29, 1.82) is 0 Å². The molecule has 22 heavy (non-hydrogen) atoms. The average molecular weight is 298 g/mol. The van der Waals surface area contributed by atoms with Crippen LogP contribution in [0.25, 0.3) is 11.4 Å². The highest BCUT2D eigenvalue weighted by Gasteiger charge is 2.30. The van der Waals surface area contributed by atoms with Crippen molar-refractivity contribution in [2.24, 2.45) is 0 Å². The maximum atomic E-state index is 11.5. The second-order valence-corrected chi connectivity index (χ2v) is 6.16. The van der Waals surface area contributed by atoms with E-state index in [-0.39, 0.29) is 11.9 Å². The summed E-state index contributed by atoms with van der Waals surface area (Å²) in [6, 6.07) is 6.25. The van der Waals surface area contributed by atoms with Gasteiger partial charge in [-0.05, 0) is 48.8 Å². The van der Waals surface area contributed by atoms with Gasteiger partial charge in [-0.2, -0.15) is 4.98 Å². The van der Waals surface area contributed by atoms with Crippen LogP contribution in [0.15, 0.2) is 22.7 Å². The fourth-order valence-electron chi connectivity index (χ4n) is 3.19. The zero-order valence-corrected chi connectivity index (χ0v) is 12.5. The molecule has 0 amide bonds. The minimum Gasteiger partial charge on any atom is -0.469 e. The van der Waals surface area contributed by atoms with E-state index in [1.165, 1.54) is 18.2 Å². The van der Waals surface area contributed by atoms with Crippen LogP contribution in [0.1, 0.15) is 54.5 Å². The highest BCUT2D eigenvalue weighted by Crippen LogP contribution is 2.40. The first-order chi connectivity index (χ1) is 10.7. The van der Waals surface area contributed by atoms with Gasteiger partial charge in [0.05, 0.1) is 13.5 Å². The van der Waals surface area contributed by atoms with Crippen molar-refractivity contribution in [1.82, 2.24) is 10.1 Å². The fraction of sp³-hybridized carbons (Fsp3) is 0.471. The third-order valence-corrected chi connectivity index (χ3v) is 4.61.